The number of nitrogens with zero attached hydrogens (tertiary/aromatic N) is 1. The molecule has 2 aromatic rings. The zero-order chi connectivity index (χ0) is 17.8. The number of amides is 1. The number of hydrogen-bond donors (Lipinski definition) is 1. The van der Waals surface area contributed by atoms with Crippen LogP contribution in [0.25, 0.3) is 0 Å². The Morgan fingerprint density at radius 3 is 2.73 bits per heavy atom. The molecule has 0 spiro atoms. The second kappa shape index (κ2) is 9.05. The molecule has 0 bridgehead atoms. The summed E-state index contributed by atoms with van der Waals surface area (Å²) in [6.45, 7) is 2.81. The Morgan fingerprint density at radius 2 is 2.04 bits per heavy atom. The van der Waals surface area contributed by atoms with Gasteiger partial charge in [-0.3, -0.25) is 4.79 Å². The summed E-state index contributed by atoms with van der Waals surface area (Å²) in [7, 11) is 0. The molecule has 3 rings (SSSR count). The first kappa shape index (κ1) is 20.3. The van der Waals surface area contributed by atoms with E-state index in [2.05, 4.69) is 0 Å². The van der Waals surface area contributed by atoms with E-state index in [1.807, 2.05) is 11.8 Å². The highest BCUT2D eigenvalue weighted by Crippen LogP contribution is 2.23. The first-order chi connectivity index (χ1) is 12.0. The van der Waals surface area contributed by atoms with Gasteiger partial charge in [0.05, 0.1) is 0 Å². The highest BCUT2D eigenvalue weighted by atomic mass is 35.5. The fourth-order valence-corrected chi connectivity index (χ4v) is 3.15. The molecule has 26 heavy (non-hydrogen) atoms. The van der Waals surface area contributed by atoms with Crippen LogP contribution in [0.2, 0.25) is 0 Å². The summed E-state index contributed by atoms with van der Waals surface area (Å²) in [6.07, 6.45) is 2.99. The van der Waals surface area contributed by atoms with Gasteiger partial charge in [-0.25, -0.2) is 4.39 Å². The van der Waals surface area contributed by atoms with Gasteiger partial charge in [0.15, 0.2) is 5.76 Å². The summed E-state index contributed by atoms with van der Waals surface area (Å²) in [4.78, 5) is 14.6. The Hall–Kier alpha value is -2.05. The van der Waals surface area contributed by atoms with E-state index in [4.69, 9.17) is 14.9 Å². The zero-order valence-corrected chi connectivity index (χ0v) is 15.5. The summed E-state index contributed by atoms with van der Waals surface area (Å²) < 4.78 is 24.1. The van der Waals surface area contributed by atoms with Crippen molar-refractivity contribution in [1.82, 2.24) is 4.90 Å². The van der Waals surface area contributed by atoms with E-state index in [1.165, 1.54) is 12.1 Å². The van der Waals surface area contributed by atoms with Crippen LogP contribution >= 0.6 is 12.4 Å². The molecule has 7 heteroatoms. The fraction of sp³-hybridized carbons (Fsp3) is 0.421. The van der Waals surface area contributed by atoms with Gasteiger partial charge >= 0.3 is 0 Å². The highest BCUT2D eigenvalue weighted by molar-refractivity contribution is 5.91. The predicted octanol–water partition coefficient (Wildman–Crippen LogP) is 3.76. The predicted molar refractivity (Wildman–Crippen MR) is 99.0 cm³/mol. The van der Waals surface area contributed by atoms with Crippen molar-refractivity contribution < 1.29 is 18.3 Å². The van der Waals surface area contributed by atoms with Gasteiger partial charge in [0.1, 0.15) is 23.9 Å². The number of nitrogens with two attached hydrogens (primary N) is 1. The minimum Gasteiger partial charge on any atom is -0.486 e. The Labute approximate surface area is 158 Å². The van der Waals surface area contributed by atoms with Gasteiger partial charge in [-0.15, -0.1) is 12.4 Å². The highest BCUT2D eigenvalue weighted by Gasteiger charge is 2.31. The summed E-state index contributed by atoms with van der Waals surface area (Å²) in [5.74, 6) is 0.935. The Balaban J connectivity index is 0.00000243. The largest absolute Gasteiger partial charge is 0.486 e. The summed E-state index contributed by atoms with van der Waals surface area (Å²) in [6, 6.07) is 9.12. The SMILES string of the molecule is CC(N)C1CCCCN1C(=O)c1ccc(COc2ccc(F)cc2)o1.Cl. The van der Waals surface area contributed by atoms with Crippen molar-refractivity contribution in [3.63, 3.8) is 0 Å². The van der Waals surface area contributed by atoms with Crippen molar-refractivity contribution >= 4 is 18.3 Å². The first-order valence-corrected chi connectivity index (χ1v) is 8.58. The standard InChI is InChI=1S/C19H23FN2O3.ClH/c1-13(21)17-4-2-3-11-22(17)19(23)18-10-9-16(25-18)12-24-15-7-5-14(20)6-8-15;/h5-10,13,17H,2-4,11-12,21H2,1H3;1H. The maximum absolute atomic E-state index is 12.9. The topological polar surface area (TPSA) is 68.7 Å². The second-order valence-corrected chi connectivity index (χ2v) is 6.43. The lowest BCUT2D eigenvalue weighted by Crippen LogP contribution is -2.51. The van der Waals surface area contributed by atoms with E-state index in [0.29, 0.717) is 23.8 Å². The molecule has 1 amide bonds. The molecular weight excluding hydrogens is 359 g/mol. The van der Waals surface area contributed by atoms with Crippen molar-refractivity contribution in [2.45, 2.75) is 44.9 Å². The van der Waals surface area contributed by atoms with Crippen molar-refractivity contribution in [1.29, 1.82) is 0 Å². The van der Waals surface area contributed by atoms with E-state index >= 15 is 0 Å². The number of furan rings is 1. The van der Waals surface area contributed by atoms with Crippen LogP contribution in [0.1, 0.15) is 42.5 Å². The van der Waals surface area contributed by atoms with Crippen molar-refractivity contribution in [3.05, 3.63) is 53.7 Å². The molecule has 0 radical (unpaired) electrons. The molecule has 5 nitrogen and oxygen atoms in total. The number of rotatable bonds is 5. The number of piperidine rings is 1. The summed E-state index contributed by atoms with van der Waals surface area (Å²) in [5.41, 5.74) is 6.03. The molecule has 0 saturated carbocycles. The van der Waals surface area contributed by atoms with Crippen LogP contribution in [-0.4, -0.2) is 29.4 Å². The van der Waals surface area contributed by atoms with E-state index in [9.17, 15) is 9.18 Å². The van der Waals surface area contributed by atoms with Crippen LogP contribution in [0, 0.1) is 5.82 Å². The number of ether oxygens (including phenoxy) is 1. The second-order valence-electron chi connectivity index (χ2n) is 6.43. The lowest BCUT2D eigenvalue weighted by molar-refractivity contribution is 0.0548. The smallest absolute Gasteiger partial charge is 0.289 e. The number of carbonyl (C=O) groups excluding carboxylic acids is 1. The average Bonchev–Trinajstić information content (AvgIpc) is 3.09. The minimum absolute atomic E-state index is 0. The number of benzene rings is 1. The molecule has 0 aliphatic carbocycles. The lowest BCUT2D eigenvalue weighted by Gasteiger charge is -2.37. The van der Waals surface area contributed by atoms with Crippen LogP contribution in [0.15, 0.2) is 40.8 Å². The Kier molecular flexibility index (Phi) is 7.06. The zero-order valence-electron chi connectivity index (χ0n) is 14.7. The molecular formula is C19H24ClFN2O3. The summed E-state index contributed by atoms with van der Waals surface area (Å²) >= 11 is 0. The maximum atomic E-state index is 12.9. The van der Waals surface area contributed by atoms with Crippen molar-refractivity contribution in [2.75, 3.05) is 6.54 Å². The number of carbonyl (C=O) groups is 1. The van der Waals surface area contributed by atoms with Gasteiger partial charge in [-0.1, -0.05) is 0 Å². The third-order valence-electron chi connectivity index (χ3n) is 4.48. The molecule has 142 valence electrons. The molecule has 1 fully saturated rings. The van der Waals surface area contributed by atoms with Crippen LogP contribution in [0.5, 0.6) is 5.75 Å². The van der Waals surface area contributed by atoms with Gasteiger partial charge in [-0.05, 0) is 62.6 Å². The minimum atomic E-state index is -0.316. The Morgan fingerprint density at radius 1 is 1.31 bits per heavy atom. The summed E-state index contributed by atoms with van der Waals surface area (Å²) in [5, 5.41) is 0. The van der Waals surface area contributed by atoms with Crippen LogP contribution < -0.4 is 10.5 Å². The number of hydrogen-bond acceptors (Lipinski definition) is 4. The lowest BCUT2D eigenvalue weighted by atomic mass is 9.96. The number of halogens is 2. The van der Waals surface area contributed by atoms with Crippen LogP contribution in [-0.2, 0) is 6.61 Å². The molecule has 2 heterocycles. The Bertz CT molecular complexity index is 718. The molecule has 1 aromatic carbocycles. The maximum Gasteiger partial charge on any atom is 0.289 e. The van der Waals surface area contributed by atoms with Gasteiger partial charge in [0, 0.05) is 18.6 Å². The van der Waals surface area contributed by atoms with Gasteiger partial charge in [0.25, 0.3) is 5.91 Å². The average molecular weight is 383 g/mol. The first-order valence-electron chi connectivity index (χ1n) is 8.58. The third kappa shape index (κ3) is 4.77. The number of likely N-dealkylation sites (tertiary alicyclic amines) is 1. The van der Waals surface area contributed by atoms with E-state index in [0.717, 1.165) is 19.3 Å². The monoisotopic (exact) mass is 382 g/mol. The van der Waals surface area contributed by atoms with Gasteiger partial charge in [0.2, 0.25) is 0 Å². The fourth-order valence-electron chi connectivity index (χ4n) is 3.15. The van der Waals surface area contributed by atoms with Crippen molar-refractivity contribution in [2.24, 2.45) is 5.73 Å². The van der Waals surface area contributed by atoms with Crippen molar-refractivity contribution in [3.8, 4) is 5.75 Å². The van der Waals surface area contributed by atoms with E-state index in [-0.39, 0.29) is 42.8 Å². The van der Waals surface area contributed by atoms with Gasteiger partial charge in [-0.2, -0.15) is 0 Å². The van der Waals surface area contributed by atoms with E-state index < -0.39 is 0 Å². The van der Waals surface area contributed by atoms with Crippen LogP contribution in [0.3, 0.4) is 0 Å². The molecule has 1 aliphatic heterocycles. The normalized spacial score (nSPS) is 18.1. The molecule has 1 aliphatic rings. The quantitative estimate of drug-likeness (QED) is 0.854. The molecule has 1 aromatic heterocycles. The molecule has 2 unspecified atom stereocenters. The van der Waals surface area contributed by atoms with E-state index in [1.54, 1.807) is 24.3 Å². The molecule has 2 N–H and O–H groups in total. The van der Waals surface area contributed by atoms with Crippen LogP contribution in [0.4, 0.5) is 4.39 Å². The molecule has 1 saturated heterocycles. The molecule has 2 atom stereocenters. The van der Waals surface area contributed by atoms with Gasteiger partial charge < -0.3 is 19.8 Å². The third-order valence-corrected chi connectivity index (χ3v) is 4.48.